The van der Waals surface area contributed by atoms with Crippen LogP contribution in [0.5, 0.6) is 5.75 Å². The molecule has 26 heavy (non-hydrogen) atoms. The molecule has 1 amide bonds. The van der Waals surface area contributed by atoms with Crippen molar-refractivity contribution in [3.8, 4) is 5.75 Å². The number of benzene rings is 2. The molecule has 1 aliphatic heterocycles. The van der Waals surface area contributed by atoms with Gasteiger partial charge in [0, 0.05) is 25.9 Å². The maximum atomic E-state index is 13.0. The van der Waals surface area contributed by atoms with Gasteiger partial charge in [0.1, 0.15) is 18.5 Å². The monoisotopic (exact) mass is 352 g/mol. The molecule has 0 saturated heterocycles. The van der Waals surface area contributed by atoms with Crippen LogP contribution in [0.25, 0.3) is 0 Å². The Bertz CT molecular complexity index is 758. The first kappa shape index (κ1) is 18.0. The van der Waals surface area contributed by atoms with Crippen molar-refractivity contribution in [2.24, 2.45) is 0 Å². The normalized spacial score (nSPS) is 16.0. The molecule has 1 N–H and O–H groups in total. The summed E-state index contributed by atoms with van der Waals surface area (Å²) in [7, 11) is 1.67. The third-order valence-corrected chi connectivity index (χ3v) is 4.33. The number of fused-ring (bicyclic) bond motifs is 1. The highest BCUT2D eigenvalue weighted by atomic mass is 16.5. The van der Waals surface area contributed by atoms with Gasteiger partial charge in [-0.1, -0.05) is 36.9 Å². The molecule has 0 radical (unpaired) electrons. The van der Waals surface area contributed by atoms with Gasteiger partial charge in [0.2, 0.25) is 0 Å². The van der Waals surface area contributed by atoms with E-state index in [4.69, 9.17) is 9.47 Å². The van der Waals surface area contributed by atoms with E-state index in [1.54, 1.807) is 13.2 Å². The van der Waals surface area contributed by atoms with E-state index in [-0.39, 0.29) is 12.1 Å². The molecule has 2 aromatic rings. The predicted molar refractivity (Wildman–Crippen MR) is 102 cm³/mol. The van der Waals surface area contributed by atoms with Gasteiger partial charge in [-0.05, 0) is 36.2 Å². The molecular weight excluding hydrogens is 328 g/mol. The van der Waals surface area contributed by atoms with Gasteiger partial charge in [0.25, 0.3) is 5.91 Å². The molecule has 0 spiro atoms. The number of para-hydroxylation sites is 1. The van der Waals surface area contributed by atoms with Crippen LogP contribution in [-0.2, 0) is 4.74 Å². The number of carbonyl (C=O) groups excluding carboxylic acids is 1. The van der Waals surface area contributed by atoms with Gasteiger partial charge in [-0.15, -0.1) is 0 Å². The van der Waals surface area contributed by atoms with E-state index in [1.807, 2.05) is 53.4 Å². The van der Waals surface area contributed by atoms with Crippen LogP contribution in [0.1, 0.15) is 28.5 Å². The molecule has 5 heteroatoms. The molecule has 0 fully saturated rings. The van der Waals surface area contributed by atoms with Gasteiger partial charge in [0.15, 0.2) is 0 Å². The number of anilines is 1. The Balaban J connectivity index is 1.86. The zero-order valence-corrected chi connectivity index (χ0v) is 15.0. The van der Waals surface area contributed by atoms with Crippen molar-refractivity contribution >= 4 is 11.6 Å². The predicted octanol–water partition coefficient (Wildman–Crippen LogP) is 3.85. The molecule has 1 aliphatic rings. The molecule has 0 saturated carbocycles. The van der Waals surface area contributed by atoms with Crippen LogP contribution in [0.3, 0.4) is 0 Å². The highest BCUT2D eigenvalue weighted by molar-refractivity contribution is 6.01. The van der Waals surface area contributed by atoms with Crippen LogP contribution in [0, 0.1) is 0 Å². The third kappa shape index (κ3) is 3.89. The minimum Gasteiger partial charge on any atom is -0.490 e. The zero-order chi connectivity index (χ0) is 18.4. The van der Waals surface area contributed by atoms with E-state index in [2.05, 4.69) is 11.9 Å². The average Bonchev–Trinajstić information content (AvgIpc) is 2.68. The van der Waals surface area contributed by atoms with Crippen molar-refractivity contribution in [1.82, 2.24) is 4.90 Å². The SMILES string of the molecule is C=CCOc1ccc(C2Nc3ccccc3C(=O)N2CCCOC)cc1. The van der Waals surface area contributed by atoms with Gasteiger partial charge in [-0.3, -0.25) is 4.79 Å². The maximum Gasteiger partial charge on any atom is 0.257 e. The zero-order valence-electron chi connectivity index (χ0n) is 15.0. The number of hydrogen-bond donors (Lipinski definition) is 1. The largest absolute Gasteiger partial charge is 0.490 e. The number of rotatable bonds is 8. The summed E-state index contributed by atoms with van der Waals surface area (Å²) >= 11 is 0. The van der Waals surface area contributed by atoms with E-state index in [0.29, 0.717) is 25.3 Å². The van der Waals surface area contributed by atoms with Gasteiger partial charge < -0.3 is 19.7 Å². The number of nitrogens with one attached hydrogen (secondary N) is 1. The number of ether oxygens (including phenoxy) is 2. The Morgan fingerprint density at radius 3 is 2.69 bits per heavy atom. The Labute approximate surface area is 154 Å². The molecule has 1 atom stereocenters. The Hall–Kier alpha value is -2.79. The van der Waals surface area contributed by atoms with Crippen molar-refractivity contribution < 1.29 is 14.3 Å². The molecular formula is C21H24N2O3. The van der Waals surface area contributed by atoms with Crippen LogP contribution in [-0.4, -0.2) is 37.7 Å². The molecule has 1 unspecified atom stereocenters. The lowest BCUT2D eigenvalue weighted by Gasteiger charge is -2.38. The van der Waals surface area contributed by atoms with Crippen molar-refractivity contribution in [1.29, 1.82) is 0 Å². The summed E-state index contributed by atoms with van der Waals surface area (Å²) in [6, 6.07) is 15.4. The lowest BCUT2D eigenvalue weighted by Crippen LogP contribution is -2.43. The van der Waals surface area contributed by atoms with Crippen molar-refractivity contribution in [3.63, 3.8) is 0 Å². The highest BCUT2D eigenvalue weighted by Gasteiger charge is 2.32. The summed E-state index contributed by atoms with van der Waals surface area (Å²) in [6.45, 7) is 5.36. The van der Waals surface area contributed by atoms with Gasteiger partial charge in [-0.25, -0.2) is 0 Å². The van der Waals surface area contributed by atoms with Crippen LogP contribution in [0.2, 0.25) is 0 Å². The lowest BCUT2D eigenvalue weighted by molar-refractivity contribution is 0.0660. The topological polar surface area (TPSA) is 50.8 Å². The molecule has 5 nitrogen and oxygen atoms in total. The minimum absolute atomic E-state index is 0.0347. The fourth-order valence-corrected chi connectivity index (χ4v) is 3.07. The maximum absolute atomic E-state index is 13.0. The second kappa shape index (κ2) is 8.54. The second-order valence-corrected chi connectivity index (χ2v) is 6.11. The fourth-order valence-electron chi connectivity index (χ4n) is 3.07. The van der Waals surface area contributed by atoms with Crippen LogP contribution in [0.15, 0.2) is 61.2 Å². The summed E-state index contributed by atoms with van der Waals surface area (Å²) in [5.74, 6) is 0.814. The summed E-state index contributed by atoms with van der Waals surface area (Å²) in [5, 5.41) is 3.49. The van der Waals surface area contributed by atoms with Crippen LogP contribution < -0.4 is 10.1 Å². The van der Waals surface area contributed by atoms with Gasteiger partial charge in [-0.2, -0.15) is 0 Å². The van der Waals surface area contributed by atoms with Crippen molar-refractivity contribution in [2.75, 3.05) is 32.2 Å². The van der Waals surface area contributed by atoms with E-state index in [0.717, 1.165) is 23.4 Å². The third-order valence-electron chi connectivity index (χ3n) is 4.33. The molecule has 0 bridgehead atoms. The first-order valence-electron chi connectivity index (χ1n) is 8.73. The van der Waals surface area contributed by atoms with Gasteiger partial charge >= 0.3 is 0 Å². The van der Waals surface area contributed by atoms with Crippen LogP contribution >= 0.6 is 0 Å². The highest BCUT2D eigenvalue weighted by Crippen LogP contribution is 2.33. The van der Waals surface area contributed by atoms with Gasteiger partial charge in [0.05, 0.1) is 5.56 Å². The fraction of sp³-hybridized carbons (Fsp3) is 0.286. The van der Waals surface area contributed by atoms with E-state index in [9.17, 15) is 4.79 Å². The summed E-state index contributed by atoms with van der Waals surface area (Å²) in [5.41, 5.74) is 2.57. The summed E-state index contributed by atoms with van der Waals surface area (Å²) in [6.07, 6.45) is 2.27. The quantitative estimate of drug-likeness (QED) is 0.579. The second-order valence-electron chi connectivity index (χ2n) is 6.11. The number of methoxy groups -OCH3 is 1. The van der Waals surface area contributed by atoms with E-state index >= 15 is 0 Å². The van der Waals surface area contributed by atoms with Crippen molar-refractivity contribution in [3.05, 3.63) is 72.3 Å². The number of amides is 1. The molecule has 3 rings (SSSR count). The van der Waals surface area contributed by atoms with Crippen molar-refractivity contribution in [2.45, 2.75) is 12.6 Å². The Kier molecular flexibility index (Phi) is 5.92. The molecule has 0 aliphatic carbocycles. The minimum atomic E-state index is -0.220. The number of carbonyl (C=O) groups is 1. The molecule has 136 valence electrons. The summed E-state index contributed by atoms with van der Waals surface area (Å²) < 4.78 is 10.7. The Morgan fingerprint density at radius 1 is 1.19 bits per heavy atom. The summed E-state index contributed by atoms with van der Waals surface area (Å²) in [4.78, 5) is 14.9. The lowest BCUT2D eigenvalue weighted by atomic mass is 10.0. The van der Waals surface area contributed by atoms with E-state index in [1.165, 1.54) is 0 Å². The molecule has 2 aromatic carbocycles. The first-order chi connectivity index (χ1) is 12.7. The molecule has 1 heterocycles. The Morgan fingerprint density at radius 2 is 1.96 bits per heavy atom. The standard InChI is InChI=1S/C21H24N2O3/c1-3-14-26-17-11-9-16(10-12-17)20-22-19-8-5-4-7-18(19)21(24)23(20)13-6-15-25-2/h3-5,7-12,20,22H,1,6,13-15H2,2H3. The molecule has 0 aromatic heterocycles. The number of hydrogen-bond acceptors (Lipinski definition) is 4. The number of nitrogens with zero attached hydrogens (tertiary/aromatic N) is 1. The smallest absolute Gasteiger partial charge is 0.257 e. The first-order valence-corrected chi connectivity index (χ1v) is 8.73. The van der Waals surface area contributed by atoms with E-state index < -0.39 is 0 Å². The average molecular weight is 352 g/mol. The van der Waals surface area contributed by atoms with Crippen LogP contribution in [0.4, 0.5) is 5.69 Å².